The first-order valence-corrected chi connectivity index (χ1v) is 7.98. The van der Waals surface area contributed by atoms with E-state index in [9.17, 15) is 14.4 Å². The van der Waals surface area contributed by atoms with Crippen molar-refractivity contribution in [1.29, 1.82) is 0 Å². The van der Waals surface area contributed by atoms with Crippen molar-refractivity contribution in [3.8, 4) is 0 Å². The van der Waals surface area contributed by atoms with Crippen LogP contribution >= 0.6 is 0 Å². The molecule has 2 saturated heterocycles. The Kier molecular flexibility index (Phi) is 4.32. The average Bonchev–Trinajstić information content (AvgIpc) is 3.00. The van der Waals surface area contributed by atoms with Gasteiger partial charge in [0.25, 0.3) is 5.91 Å². The predicted molar refractivity (Wildman–Crippen MR) is 83.3 cm³/mol. The highest BCUT2D eigenvalue weighted by Gasteiger charge is 2.32. The maximum absolute atomic E-state index is 12.5. The number of hydrogen-bond donors (Lipinski definition) is 1. The van der Waals surface area contributed by atoms with Crippen LogP contribution in [0.1, 0.15) is 46.4 Å². The van der Waals surface area contributed by atoms with Crippen LogP contribution in [0.2, 0.25) is 0 Å². The third-order valence-electron chi connectivity index (χ3n) is 4.66. The van der Waals surface area contributed by atoms with Crippen molar-refractivity contribution in [2.75, 3.05) is 19.6 Å². The standard InChI is InChI=1S/C17H20N2O4/c20-15-5-2-8-19(15)14-6-9-18(10-7-14)16(21)12-3-1-4-13(11-12)17(22)23/h1,3-4,11,14H,2,5-10H2,(H,22,23). The minimum Gasteiger partial charge on any atom is -0.478 e. The number of carbonyl (C=O) groups is 3. The fourth-order valence-electron chi connectivity index (χ4n) is 3.40. The summed E-state index contributed by atoms with van der Waals surface area (Å²) in [5.74, 6) is -0.950. The molecule has 0 radical (unpaired) electrons. The van der Waals surface area contributed by atoms with Crippen LogP contribution in [0.25, 0.3) is 0 Å². The minimum absolute atomic E-state index is 0.119. The number of rotatable bonds is 3. The van der Waals surface area contributed by atoms with Crippen molar-refractivity contribution < 1.29 is 19.5 Å². The molecule has 2 aliphatic heterocycles. The molecule has 122 valence electrons. The summed E-state index contributed by atoms with van der Waals surface area (Å²) in [5.41, 5.74) is 0.522. The summed E-state index contributed by atoms with van der Waals surface area (Å²) in [7, 11) is 0. The first kappa shape index (κ1) is 15.5. The first-order chi connectivity index (χ1) is 11.1. The Morgan fingerprint density at radius 2 is 1.78 bits per heavy atom. The van der Waals surface area contributed by atoms with Crippen molar-refractivity contribution in [3.05, 3.63) is 35.4 Å². The van der Waals surface area contributed by atoms with E-state index in [1.165, 1.54) is 12.1 Å². The number of likely N-dealkylation sites (tertiary alicyclic amines) is 2. The molecule has 1 N–H and O–H groups in total. The molecule has 2 amide bonds. The van der Waals surface area contributed by atoms with Crippen molar-refractivity contribution in [1.82, 2.24) is 9.80 Å². The molecule has 0 unspecified atom stereocenters. The van der Waals surface area contributed by atoms with Crippen molar-refractivity contribution in [2.45, 2.75) is 31.7 Å². The monoisotopic (exact) mass is 316 g/mol. The summed E-state index contributed by atoms with van der Waals surface area (Å²) in [6.07, 6.45) is 3.15. The highest BCUT2D eigenvalue weighted by molar-refractivity contribution is 5.97. The fourth-order valence-corrected chi connectivity index (χ4v) is 3.40. The normalized spacial score (nSPS) is 19.2. The number of carboxylic acids is 1. The van der Waals surface area contributed by atoms with Gasteiger partial charge in [0.15, 0.2) is 0 Å². The second kappa shape index (κ2) is 6.40. The lowest BCUT2D eigenvalue weighted by Gasteiger charge is -2.36. The summed E-state index contributed by atoms with van der Waals surface area (Å²) in [4.78, 5) is 39.0. The summed E-state index contributed by atoms with van der Waals surface area (Å²) in [5, 5.41) is 9.02. The van der Waals surface area contributed by atoms with Gasteiger partial charge in [-0.2, -0.15) is 0 Å². The van der Waals surface area contributed by atoms with E-state index in [-0.39, 0.29) is 23.4 Å². The summed E-state index contributed by atoms with van der Waals surface area (Å²) in [6.45, 7) is 2.03. The van der Waals surface area contributed by atoms with Crippen LogP contribution in [0.3, 0.4) is 0 Å². The molecule has 2 heterocycles. The molecule has 6 nitrogen and oxygen atoms in total. The van der Waals surface area contributed by atoms with Gasteiger partial charge < -0.3 is 14.9 Å². The van der Waals surface area contributed by atoms with E-state index in [2.05, 4.69) is 0 Å². The zero-order valence-corrected chi connectivity index (χ0v) is 12.9. The molecule has 1 aromatic rings. The van der Waals surface area contributed by atoms with E-state index >= 15 is 0 Å². The van der Waals surface area contributed by atoms with Crippen LogP contribution in [0.5, 0.6) is 0 Å². The molecule has 1 aromatic carbocycles. The Morgan fingerprint density at radius 3 is 2.39 bits per heavy atom. The van der Waals surface area contributed by atoms with Gasteiger partial charge in [0, 0.05) is 37.7 Å². The number of carbonyl (C=O) groups excluding carboxylic acids is 2. The van der Waals surface area contributed by atoms with Crippen LogP contribution in [-0.4, -0.2) is 58.4 Å². The lowest BCUT2D eigenvalue weighted by Crippen LogP contribution is -2.47. The highest BCUT2D eigenvalue weighted by atomic mass is 16.4. The third kappa shape index (κ3) is 3.21. The largest absolute Gasteiger partial charge is 0.478 e. The summed E-state index contributed by atoms with van der Waals surface area (Å²) >= 11 is 0. The van der Waals surface area contributed by atoms with E-state index in [1.807, 2.05) is 4.90 Å². The van der Waals surface area contributed by atoms with Crippen LogP contribution in [-0.2, 0) is 4.79 Å². The van der Waals surface area contributed by atoms with Gasteiger partial charge in [-0.05, 0) is 37.5 Å². The Bertz CT molecular complexity index is 635. The van der Waals surface area contributed by atoms with Crippen LogP contribution < -0.4 is 0 Å². The smallest absolute Gasteiger partial charge is 0.335 e. The average molecular weight is 316 g/mol. The maximum atomic E-state index is 12.5. The molecule has 2 aliphatic rings. The Balaban J connectivity index is 1.63. The van der Waals surface area contributed by atoms with E-state index in [0.29, 0.717) is 25.1 Å². The second-order valence-corrected chi connectivity index (χ2v) is 6.10. The van der Waals surface area contributed by atoms with E-state index in [1.54, 1.807) is 17.0 Å². The summed E-state index contributed by atoms with van der Waals surface area (Å²) < 4.78 is 0. The highest BCUT2D eigenvalue weighted by Crippen LogP contribution is 2.23. The second-order valence-electron chi connectivity index (χ2n) is 6.10. The quantitative estimate of drug-likeness (QED) is 0.919. The molecule has 0 aliphatic carbocycles. The Labute approximate surface area is 134 Å². The molecule has 0 spiro atoms. The third-order valence-corrected chi connectivity index (χ3v) is 4.66. The zero-order valence-electron chi connectivity index (χ0n) is 12.9. The molecule has 3 rings (SSSR count). The number of piperidine rings is 1. The number of aromatic carboxylic acids is 1. The van der Waals surface area contributed by atoms with Crippen molar-refractivity contribution >= 4 is 17.8 Å². The van der Waals surface area contributed by atoms with Gasteiger partial charge in [-0.3, -0.25) is 9.59 Å². The number of carboxylic acid groups (broad SMARTS) is 1. The van der Waals surface area contributed by atoms with Crippen LogP contribution in [0, 0.1) is 0 Å². The van der Waals surface area contributed by atoms with E-state index < -0.39 is 5.97 Å². The number of nitrogens with zero attached hydrogens (tertiary/aromatic N) is 2. The molecule has 0 aromatic heterocycles. The van der Waals surface area contributed by atoms with Crippen LogP contribution in [0.15, 0.2) is 24.3 Å². The molecule has 0 saturated carbocycles. The first-order valence-electron chi connectivity index (χ1n) is 7.98. The summed E-state index contributed by atoms with van der Waals surface area (Å²) in [6, 6.07) is 6.36. The van der Waals surface area contributed by atoms with Gasteiger partial charge >= 0.3 is 5.97 Å². The van der Waals surface area contributed by atoms with Gasteiger partial charge in [0.05, 0.1) is 5.56 Å². The number of amides is 2. The number of hydrogen-bond acceptors (Lipinski definition) is 3. The lowest BCUT2D eigenvalue weighted by molar-refractivity contribution is -0.130. The van der Waals surface area contributed by atoms with Gasteiger partial charge in [-0.1, -0.05) is 6.07 Å². The van der Waals surface area contributed by atoms with Gasteiger partial charge in [-0.25, -0.2) is 4.79 Å². The Hall–Kier alpha value is -2.37. The van der Waals surface area contributed by atoms with E-state index in [4.69, 9.17) is 5.11 Å². The van der Waals surface area contributed by atoms with Gasteiger partial charge in [-0.15, -0.1) is 0 Å². The zero-order chi connectivity index (χ0) is 16.4. The van der Waals surface area contributed by atoms with E-state index in [0.717, 1.165) is 25.8 Å². The van der Waals surface area contributed by atoms with Crippen molar-refractivity contribution in [2.24, 2.45) is 0 Å². The predicted octanol–water partition coefficient (Wildman–Crippen LogP) is 1.61. The van der Waals surface area contributed by atoms with Gasteiger partial charge in [0.1, 0.15) is 0 Å². The molecule has 2 fully saturated rings. The maximum Gasteiger partial charge on any atom is 0.335 e. The number of benzene rings is 1. The topological polar surface area (TPSA) is 77.9 Å². The Morgan fingerprint density at radius 1 is 1.09 bits per heavy atom. The fraction of sp³-hybridized carbons (Fsp3) is 0.471. The molecule has 6 heteroatoms. The molecule has 23 heavy (non-hydrogen) atoms. The van der Waals surface area contributed by atoms with Gasteiger partial charge in [0.2, 0.25) is 5.91 Å². The van der Waals surface area contributed by atoms with Crippen LogP contribution in [0.4, 0.5) is 0 Å². The molecule has 0 bridgehead atoms. The van der Waals surface area contributed by atoms with Crippen molar-refractivity contribution in [3.63, 3.8) is 0 Å². The molecular formula is C17H20N2O4. The molecule has 0 atom stereocenters. The minimum atomic E-state index is -1.04. The molecular weight excluding hydrogens is 296 g/mol. The lowest BCUT2D eigenvalue weighted by atomic mass is 10.0. The SMILES string of the molecule is O=C(O)c1cccc(C(=O)N2CCC(N3CCCC3=O)CC2)c1.